The molecule has 0 heterocycles. The number of unbranched alkanes of at least 4 members (excludes halogenated alkanes) is 12. The Morgan fingerprint density at radius 1 is 0.794 bits per heavy atom. The molecule has 2 aliphatic rings. The molecule has 0 spiro atoms. The highest BCUT2D eigenvalue weighted by atomic mass is 16.5. The molecule has 1 heteroatoms. The lowest BCUT2D eigenvalue weighted by atomic mass is 9.72. The van der Waals surface area contributed by atoms with Crippen LogP contribution in [0.2, 0.25) is 0 Å². The second kappa shape index (κ2) is 19.6. The van der Waals surface area contributed by atoms with Gasteiger partial charge in [0.25, 0.3) is 0 Å². The minimum Gasteiger partial charge on any atom is -0.381 e. The van der Waals surface area contributed by atoms with Crippen LogP contribution >= 0.6 is 0 Å². The molecule has 2 unspecified atom stereocenters. The maximum atomic E-state index is 5.95. The molecule has 2 aliphatic carbocycles. The summed E-state index contributed by atoms with van der Waals surface area (Å²) in [4.78, 5) is 0. The van der Waals surface area contributed by atoms with Crippen molar-refractivity contribution in [2.45, 2.75) is 162 Å². The van der Waals surface area contributed by atoms with E-state index in [-0.39, 0.29) is 0 Å². The van der Waals surface area contributed by atoms with Gasteiger partial charge in [-0.05, 0) is 94.8 Å². The average Bonchev–Trinajstić information content (AvgIpc) is 3.18. The van der Waals surface area contributed by atoms with Crippen molar-refractivity contribution in [1.82, 2.24) is 0 Å². The number of allylic oxidation sites excluding steroid dienone is 4. The van der Waals surface area contributed by atoms with Crippen molar-refractivity contribution in [2.24, 2.45) is 11.3 Å². The molecule has 0 aromatic heterocycles. The fourth-order valence-electron chi connectivity index (χ4n) is 6.38. The summed E-state index contributed by atoms with van der Waals surface area (Å²) in [6.07, 6.45) is 39.1. The van der Waals surface area contributed by atoms with Crippen LogP contribution in [0, 0.1) is 11.3 Å². The normalized spacial score (nSPS) is 24.6. The first-order chi connectivity index (χ1) is 16.7. The minimum absolute atomic E-state index is 0.662. The van der Waals surface area contributed by atoms with E-state index in [1.165, 1.54) is 148 Å². The first-order valence-electron chi connectivity index (χ1n) is 15.7. The standard InChI is InChI=1S/C33H60O/c1-3-4-5-6-7-8-9-10-11-12-13-14-15-16-17-18-29-34-30-21-23-31-22-19-27-33(2)28-20-24-32(33)26-25-31/h10-11,22,32H,3-9,12-21,23-30H2,1-2H3/b11-10-,31-22-. The molecule has 0 N–H and O–H groups in total. The van der Waals surface area contributed by atoms with Crippen molar-refractivity contribution in [3.05, 3.63) is 23.8 Å². The SMILES string of the molecule is CCCCCCCC/C=C\CCCCCCCCOCCC/C1=C/CCC2(C)CCCC2CC1. The molecule has 0 aromatic rings. The molecule has 1 fully saturated rings. The summed E-state index contributed by atoms with van der Waals surface area (Å²) in [6, 6.07) is 0. The van der Waals surface area contributed by atoms with E-state index in [9.17, 15) is 0 Å². The lowest BCUT2D eigenvalue weighted by Crippen LogP contribution is -2.22. The van der Waals surface area contributed by atoms with Crippen LogP contribution in [0.5, 0.6) is 0 Å². The first-order valence-corrected chi connectivity index (χ1v) is 15.7. The Kier molecular flexibility index (Phi) is 17.1. The van der Waals surface area contributed by atoms with Gasteiger partial charge in [0, 0.05) is 13.2 Å². The van der Waals surface area contributed by atoms with Gasteiger partial charge in [-0.3, -0.25) is 0 Å². The van der Waals surface area contributed by atoms with Crippen molar-refractivity contribution >= 4 is 0 Å². The van der Waals surface area contributed by atoms with Crippen LogP contribution in [0.3, 0.4) is 0 Å². The summed E-state index contributed by atoms with van der Waals surface area (Å²) < 4.78 is 5.95. The van der Waals surface area contributed by atoms with E-state index in [1.54, 1.807) is 5.57 Å². The van der Waals surface area contributed by atoms with Gasteiger partial charge in [0.2, 0.25) is 0 Å². The summed E-state index contributed by atoms with van der Waals surface area (Å²) in [7, 11) is 0. The highest BCUT2D eigenvalue weighted by Gasteiger charge is 2.38. The molecule has 34 heavy (non-hydrogen) atoms. The second-order valence-electron chi connectivity index (χ2n) is 11.8. The molecule has 2 rings (SSSR count). The van der Waals surface area contributed by atoms with Crippen LogP contribution in [-0.4, -0.2) is 13.2 Å². The fourth-order valence-corrected chi connectivity index (χ4v) is 6.38. The average molecular weight is 473 g/mol. The molecule has 0 amide bonds. The third kappa shape index (κ3) is 13.5. The highest BCUT2D eigenvalue weighted by molar-refractivity contribution is 5.06. The van der Waals surface area contributed by atoms with Crippen LogP contribution in [-0.2, 0) is 4.74 Å². The topological polar surface area (TPSA) is 9.23 Å². The van der Waals surface area contributed by atoms with E-state index in [0.29, 0.717) is 5.41 Å². The lowest BCUT2D eigenvalue weighted by molar-refractivity contribution is 0.127. The number of hydrogen-bond acceptors (Lipinski definition) is 1. The van der Waals surface area contributed by atoms with Gasteiger partial charge in [-0.2, -0.15) is 0 Å². The van der Waals surface area contributed by atoms with Crippen molar-refractivity contribution in [3.8, 4) is 0 Å². The van der Waals surface area contributed by atoms with Crippen LogP contribution in [0.15, 0.2) is 23.8 Å². The third-order valence-corrected chi connectivity index (χ3v) is 8.84. The van der Waals surface area contributed by atoms with Gasteiger partial charge in [-0.15, -0.1) is 0 Å². The van der Waals surface area contributed by atoms with Crippen molar-refractivity contribution < 1.29 is 4.74 Å². The third-order valence-electron chi connectivity index (χ3n) is 8.84. The summed E-state index contributed by atoms with van der Waals surface area (Å²) >= 11 is 0. The quantitative estimate of drug-likeness (QED) is 0.126. The maximum Gasteiger partial charge on any atom is 0.0469 e. The smallest absolute Gasteiger partial charge is 0.0469 e. The Morgan fingerprint density at radius 3 is 2.18 bits per heavy atom. The number of hydrogen-bond donors (Lipinski definition) is 0. The molecule has 0 saturated heterocycles. The zero-order chi connectivity index (χ0) is 24.2. The summed E-state index contributed by atoms with van der Waals surface area (Å²) in [5.74, 6) is 0.999. The van der Waals surface area contributed by atoms with E-state index in [2.05, 4.69) is 32.1 Å². The van der Waals surface area contributed by atoms with Gasteiger partial charge in [0.1, 0.15) is 0 Å². The second-order valence-corrected chi connectivity index (χ2v) is 11.8. The fraction of sp³-hybridized carbons (Fsp3) is 0.879. The summed E-state index contributed by atoms with van der Waals surface area (Å²) in [6.45, 7) is 6.79. The molecular weight excluding hydrogens is 412 g/mol. The zero-order valence-corrected chi connectivity index (χ0v) is 23.4. The van der Waals surface area contributed by atoms with E-state index in [4.69, 9.17) is 4.74 Å². The molecule has 1 nitrogen and oxygen atoms in total. The van der Waals surface area contributed by atoms with E-state index >= 15 is 0 Å². The molecule has 1 saturated carbocycles. The van der Waals surface area contributed by atoms with E-state index < -0.39 is 0 Å². The van der Waals surface area contributed by atoms with Gasteiger partial charge >= 0.3 is 0 Å². The monoisotopic (exact) mass is 472 g/mol. The Bertz CT molecular complexity index is 533. The van der Waals surface area contributed by atoms with Gasteiger partial charge < -0.3 is 4.74 Å². The zero-order valence-electron chi connectivity index (χ0n) is 23.4. The number of rotatable bonds is 20. The molecule has 2 atom stereocenters. The number of fused-ring (bicyclic) bond motifs is 1. The van der Waals surface area contributed by atoms with Crippen LogP contribution in [0.25, 0.3) is 0 Å². The number of ether oxygens (including phenoxy) is 1. The van der Waals surface area contributed by atoms with Crippen molar-refractivity contribution in [2.75, 3.05) is 13.2 Å². The van der Waals surface area contributed by atoms with Gasteiger partial charge in [0.05, 0.1) is 0 Å². The van der Waals surface area contributed by atoms with E-state index in [0.717, 1.165) is 19.1 Å². The van der Waals surface area contributed by atoms with E-state index in [1.807, 2.05) is 0 Å². The lowest BCUT2D eigenvalue weighted by Gasteiger charge is -2.33. The molecule has 0 aromatic carbocycles. The molecule has 0 aliphatic heterocycles. The predicted molar refractivity (Wildman–Crippen MR) is 152 cm³/mol. The van der Waals surface area contributed by atoms with Crippen molar-refractivity contribution in [1.29, 1.82) is 0 Å². The first kappa shape index (κ1) is 29.7. The van der Waals surface area contributed by atoms with Crippen molar-refractivity contribution in [3.63, 3.8) is 0 Å². The molecule has 198 valence electrons. The summed E-state index contributed by atoms with van der Waals surface area (Å²) in [5.41, 5.74) is 2.39. The highest BCUT2D eigenvalue weighted by Crippen LogP contribution is 2.50. The largest absolute Gasteiger partial charge is 0.381 e. The Labute approximate surface area is 214 Å². The molecular formula is C33H60O. The van der Waals surface area contributed by atoms with Crippen LogP contribution < -0.4 is 0 Å². The van der Waals surface area contributed by atoms with Gasteiger partial charge in [0.15, 0.2) is 0 Å². The predicted octanol–water partition coefficient (Wildman–Crippen LogP) is 11.1. The van der Waals surface area contributed by atoms with Gasteiger partial charge in [-0.1, -0.05) is 102 Å². The summed E-state index contributed by atoms with van der Waals surface area (Å²) in [5, 5.41) is 0. The molecule has 0 bridgehead atoms. The van der Waals surface area contributed by atoms with Crippen LogP contribution in [0.1, 0.15) is 162 Å². The van der Waals surface area contributed by atoms with Gasteiger partial charge in [-0.25, -0.2) is 0 Å². The Hall–Kier alpha value is -0.560. The Balaban J connectivity index is 1.30. The maximum absolute atomic E-state index is 5.95. The van der Waals surface area contributed by atoms with Crippen LogP contribution in [0.4, 0.5) is 0 Å². The Morgan fingerprint density at radius 2 is 1.44 bits per heavy atom. The molecule has 0 radical (unpaired) electrons. The minimum atomic E-state index is 0.662.